The predicted octanol–water partition coefficient (Wildman–Crippen LogP) is 5.19. The van der Waals surface area contributed by atoms with Crippen LogP contribution in [-0.2, 0) is 16.0 Å². The Kier molecular flexibility index (Phi) is 7.83. The highest BCUT2D eigenvalue weighted by Crippen LogP contribution is 2.38. The summed E-state index contributed by atoms with van der Waals surface area (Å²) in [5.74, 6) is 0.789. The zero-order chi connectivity index (χ0) is 29.1. The molecule has 0 radical (unpaired) electrons. The Hall–Kier alpha value is -4.59. The smallest absolute Gasteiger partial charge is 0.322 e. The Morgan fingerprint density at radius 2 is 1.63 bits per heavy atom. The summed E-state index contributed by atoms with van der Waals surface area (Å²) in [5.41, 5.74) is 2.30. The van der Waals surface area contributed by atoms with Gasteiger partial charge >= 0.3 is 6.03 Å². The van der Waals surface area contributed by atoms with E-state index in [9.17, 15) is 14.4 Å². The molecule has 3 aromatic carbocycles. The van der Waals surface area contributed by atoms with E-state index in [2.05, 4.69) is 10.6 Å². The van der Waals surface area contributed by atoms with Crippen molar-refractivity contribution in [2.75, 3.05) is 13.1 Å². The largest absolute Gasteiger partial charge is 0.457 e. The lowest BCUT2D eigenvalue weighted by atomic mass is 9.95. The van der Waals surface area contributed by atoms with Gasteiger partial charge in [0, 0.05) is 18.5 Å². The summed E-state index contributed by atoms with van der Waals surface area (Å²) >= 11 is 0. The lowest BCUT2D eigenvalue weighted by molar-refractivity contribution is -0.137. The molecule has 0 spiro atoms. The van der Waals surface area contributed by atoms with Gasteiger partial charge in [0.25, 0.3) is 5.91 Å². The molecule has 2 atom stereocenters. The molecule has 0 unspecified atom stereocenters. The number of rotatable bonds is 8. The van der Waals surface area contributed by atoms with Gasteiger partial charge in [0.1, 0.15) is 17.5 Å². The summed E-state index contributed by atoms with van der Waals surface area (Å²) in [6.45, 7) is 8.19. The molecule has 0 fully saturated rings. The topological polar surface area (TPSA) is 91.0 Å². The molecule has 212 valence electrons. The Bertz CT molecular complexity index is 1460. The fourth-order valence-corrected chi connectivity index (χ4v) is 5.37. The maximum Gasteiger partial charge on any atom is 0.322 e. The van der Waals surface area contributed by atoms with E-state index in [0.29, 0.717) is 35.7 Å². The third-order valence-electron chi connectivity index (χ3n) is 7.19. The van der Waals surface area contributed by atoms with Crippen molar-refractivity contribution in [1.82, 2.24) is 20.4 Å². The summed E-state index contributed by atoms with van der Waals surface area (Å²) in [6.07, 6.45) is 0.355. The molecule has 4 amide bonds. The van der Waals surface area contributed by atoms with E-state index in [1.807, 2.05) is 113 Å². The molecule has 5 rings (SSSR count). The first-order valence-electron chi connectivity index (χ1n) is 14.0. The van der Waals surface area contributed by atoms with Gasteiger partial charge in [-0.05, 0) is 63.1 Å². The zero-order valence-electron chi connectivity index (χ0n) is 23.9. The van der Waals surface area contributed by atoms with Crippen molar-refractivity contribution in [3.8, 4) is 11.5 Å². The van der Waals surface area contributed by atoms with Crippen LogP contribution in [0.2, 0.25) is 0 Å². The van der Waals surface area contributed by atoms with Crippen LogP contribution >= 0.6 is 0 Å². The molecule has 2 N–H and O–H groups in total. The van der Waals surface area contributed by atoms with Crippen LogP contribution in [0.5, 0.6) is 11.5 Å². The maximum atomic E-state index is 14.2. The second kappa shape index (κ2) is 11.5. The second-order valence-corrected chi connectivity index (χ2v) is 11.4. The lowest BCUT2D eigenvalue weighted by Gasteiger charge is -2.33. The molecular weight excluding hydrogens is 516 g/mol. The number of ether oxygens (including phenoxy) is 1. The Morgan fingerprint density at radius 1 is 0.976 bits per heavy atom. The summed E-state index contributed by atoms with van der Waals surface area (Å²) in [6, 6.07) is 24.8. The molecule has 0 saturated carbocycles. The first-order valence-corrected chi connectivity index (χ1v) is 14.0. The van der Waals surface area contributed by atoms with Gasteiger partial charge in [-0.2, -0.15) is 0 Å². The fraction of sp³-hybridized carbons (Fsp3) is 0.303. The molecule has 0 bridgehead atoms. The average Bonchev–Trinajstić information content (AvgIpc) is 3.28. The normalized spacial score (nSPS) is 17.7. The molecular formula is C33H36N4O4. The summed E-state index contributed by atoms with van der Waals surface area (Å²) < 4.78 is 6.03. The van der Waals surface area contributed by atoms with Crippen LogP contribution in [0.25, 0.3) is 0 Å². The molecule has 0 aliphatic carbocycles. The van der Waals surface area contributed by atoms with E-state index in [1.165, 1.54) is 0 Å². The van der Waals surface area contributed by atoms with E-state index >= 15 is 0 Å². The van der Waals surface area contributed by atoms with Crippen LogP contribution in [0.4, 0.5) is 4.79 Å². The van der Waals surface area contributed by atoms with Gasteiger partial charge in [-0.25, -0.2) is 4.79 Å². The molecule has 2 heterocycles. The zero-order valence-corrected chi connectivity index (χ0v) is 23.9. The number of benzene rings is 3. The number of para-hydroxylation sites is 1. The number of nitrogens with one attached hydrogen (secondary N) is 2. The minimum absolute atomic E-state index is 0.168. The SMILES string of the molecule is CCN1C(=O)N[C@H](c2cccc(Oc3ccccc3)c2)C2=C1CN([C@H](Cc1ccccc1)C(=O)NC(C)(C)C)C2=O. The van der Waals surface area contributed by atoms with Crippen molar-refractivity contribution in [1.29, 1.82) is 0 Å². The van der Waals surface area contributed by atoms with Crippen LogP contribution in [0.1, 0.15) is 44.9 Å². The highest BCUT2D eigenvalue weighted by atomic mass is 16.5. The van der Waals surface area contributed by atoms with Crippen molar-refractivity contribution < 1.29 is 19.1 Å². The van der Waals surface area contributed by atoms with Crippen LogP contribution in [0, 0.1) is 0 Å². The molecule has 8 heteroatoms. The lowest BCUT2D eigenvalue weighted by Crippen LogP contribution is -2.54. The van der Waals surface area contributed by atoms with Gasteiger partial charge in [-0.15, -0.1) is 0 Å². The number of nitrogens with zero attached hydrogens (tertiary/aromatic N) is 2. The van der Waals surface area contributed by atoms with Gasteiger partial charge in [0.05, 0.1) is 23.9 Å². The van der Waals surface area contributed by atoms with Crippen LogP contribution in [0.3, 0.4) is 0 Å². The van der Waals surface area contributed by atoms with Crippen LogP contribution in [-0.4, -0.2) is 52.3 Å². The third kappa shape index (κ3) is 6.11. The van der Waals surface area contributed by atoms with E-state index in [1.54, 1.807) is 9.80 Å². The summed E-state index contributed by atoms with van der Waals surface area (Å²) in [5, 5.41) is 6.09. The molecule has 0 aromatic heterocycles. The Morgan fingerprint density at radius 3 is 2.29 bits per heavy atom. The highest BCUT2D eigenvalue weighted by Gasteiger charge is 2.47. The number of carbonyl (C=O) groups is 3. The predicted molar refractivity (Wildman–Crippen MR) is 157 cm³/mol. The van der Waals surface area contributed by atoms with Crippen molar-refractivity contribution in [3.63, 3.8) is 0 Å². The van der Waals surface area contributed by atoms with Gasteiger partial charge in [0.2, 0.25) is 5.91 Å². The van der Waals surface area contributed by atoms with Gasteiger partial charge < -0.3 is 20.3 Å². The van der Waals surface area contributed by atoms with E-state index in [0.717, 1.165) is 11.1 Å². The van der Waals surface area contributed by atoms with E-state index in [-0.39, 0.29) is 24.4 Å². The van der Waals surface area contributed by atoms with E-state index in [4.69, 9.17) is 4.74 Å². The third-order valence-corrected chi connectivity index (χ3v) is 7.19. The number of likely N-dealkylation sites (N-methyl/N-ethyl adjacent to an activating group) is 1. The highest BCUT2D eigenvalue weighted by molar-refractivity contribution is 6.03. The van der Waals surface area contributed by atoms with Crippen molar-refractivity contribution in [2.24, 2.45) is 0 Å². The summed E-state index contributed by atoms with van der Waals surface area (Å²) in [7, 11) is 0. The first kappa shape index (κ1) is 28.0. The molecule has 8 nitrogen and oxygen atoms in total. The van der Waals surface area contributed by atoms with Crippen molar-refractivity contribution in [2.45, 2.75) is 51.7 Å². The first-order chi connectivity index (χ1) is 19.6. The van der Waals surface area contributed by atoms with Gasteiger partial charge in [-0.3, -0.25) is 14.5 Å². The van der Waals surface area contributed by atoms with Crippen molar-refractivity contribution in [3.05, 3.63) is 107 Å². The number of urea groups is 1. The van der Waals surface area contributed by atoms with Gasteiger partial charge in [-0.1, -0.05) is 60.7 Å². The number of hydrogen-bond acceptors (Lipinski definition) is 4. The van der Waals surface area contributed by atoms with Crippen molar-refractivity contribution >= 4 is 17.8 Å². The molecule has 41 heavy (non-hydrogen) atoms. The monoisotopic (exact) mass is 552 g/mol. The minimum Gasteiger partial charge on any atom is -0.457 e. The maximum absolute atomic E-state index is 14.2. The standard InChI is InChI=1S/C33H36N4O4/c1-5-36-27-21-37(26(30(38)35-33(2,3)4)19-22-13-8-6-9-14-22)31(39)28(27)29(34-32(36)40)23-15-12-18-25(20-23)41-24-16-10-7-11-17-24/h6-18,20,26,29H,5,19,21H2,1-4H3,(H,34,40)(H,35,38)/t26-,29-/m1/s1. The fourth-order valence-electron chi connectivity index (χ4n) is 5.37. The number of amides is 4. The van der Waals surface area contributed by atoms with E-state index < -0.39 is 17.6 Å². The number of carbonyl (C=O) groups excluding carboxylic acids is 3. The molecule has 0 saturated heterocycles. The van der Waals surface area contributed by atoms with Crippen LogP contribution in [0.15, 0.2) is 96.2 Å². The van der Waals surface area contributed by atoms with Gasteiger partial charge in [0.15, 0.2) is 0 Å². The Balaban J connectivity index is 1.50. The quantitative estimate of drug-likeness (QED) is 0.403. The molecule has 2 aliphatic heterocycles. The molecule has 2 aliphatic rings. The summed E-state index contributed by atoms with van der Waals surface area (Å²) in [4.78, 5) is 44.4. The average molecular weight is 553 g/mol. The minimum atomic E-state index is -0.753. The Labute approximate surface area is 241 Å². The number of hydrogen-bond donors (Lipinski definition) is 2. The molecule has 3 aromatic rings. The second-order valence-electron chi connectivity index (χ2n) is 11.4. The van der Waals surface area contributed by atoms with Crippen LogP contribution < -0.4 is 15.4 Å².